The van der Waals surface area contributed by atoms with Crippen LogP contribution in [0.5, 0.6) is 0 Å². The average molecular weight is 185 g/mol. The molecule has 1 unspecified atom stereocenters. The molecular weight excluding hydrogens is 172 g/mol. The Bertz CT molecular complexity index is 332. The second kappa shape index (κ2) is 3.42. The minimum absolute atomic E-state index is 0.0573. The Balaban J connectivity index is 3.41. The molecule has 2 N–H and O–H groups in total. The standard InChI is InChI=1S/C10H13F2N/c1-5-8(7(3)13)4-9(11)6(2)10(5)12/h4,7H,13H2,1-3H3. The zero-order valence-corrected chi connectivity index (χ0v) is 7.99. The van der Waals surface area contributed by atoms with E-state index in [1.165, 1.54) is 13.0 Å². The van der Waals surface area contributed by atoms with Crippen molar-refractivity contribution in [2.45, 2.75) is 26.8 Å². The van der Waals surface area contributed by atoms with Crippen molar-refractivity contribution in [1.29, 1.82) is 0 Å². The Morgan fingerprint density at radius 2 is 1.77 bits per heavy atom. The van der Waals surface area contributed by atoms with Crippen molar-refractivity contribution in [2.75, 3.05) is 0 Å². The molecule has 1 rings (SSSR count). The number of benzene rings is 1. The van der Waals surface area contributed by atoms with Gasteiger partial charge in [-0.15, -0.1) is 0 Å². The van der Waals surface area contributed by atoms with Crippen LogP contribution >= 0.6 is 0 Å². The Morgan fingerprint density at radius 3 is 2.23 bits per heavy atom. The van der Waals surface area contributed by atoms with Gasteiger partial charge in [-0.2, -0.15) is 0 Å². The smallest absolute Gasteiger partial charge is 0.132 e. The van der Waals surface area contributed by atoms with Crippen molar-refractivity contribution < 1.29 is 8.78 Å². The van der Waals surface area contributed by atoms with E-state index in [4.69, 9.17) is 5.73 Å². The number of nitrogens with two attached hydrogens (primary N) is 1. The van der Waals surface area contributed by atoms with E-state index < -0.39 is 11.6 Å². The first-order valence-corrected chi connectivity index (χ1v) is 4.15. The molecule has 13 heavy (non-hydrogen) atoms. The fourth-order valence-electron chi connectivity index (χ4n) is 1.34. The zero-order chi connectivity index (χ0) is 10.2. The normalized spacial score (nSPS) is 13.1. The second-order valence-corrected chi connectivity index (χ2v) is 3.30. The highest BCUT2D eigenvalue weighted by molar-refractivity contribution is 5.35. The van der Waals surface area contributed by atoms with Crippen LogP contribution in [-0.2, 0) is 0 Å². The number of hydrogen-bond acceptors (Lipinski definition) is 1. The van der Waals surface area contributed by atoms with E-state index in [1.807, 2.05) is 0 Å². The van der Waals surface area contributed by atoms with Crippen LogP contribution < -0.4 is 5.73 Å². The summed E-state index contributed by atoms with van der Waals surface area (Å²) in [5.41, 5.74) is 6.59. The molecule has 3 heteroatoms. The minimum atomic E-state index is -0.532. The van der Waals surface area contributed by atoms with Gasteiger partial charge in [0.25, 0.3) is 0 Å². The fourth-order valence-corrected chi connectivity index (χ4v) is 1.34. The fraction of sp³-hybridized carbons (Fsp3) is 0.400. The first-order chi connectivity index (χ1) is 5.95. The van der Waals surface area contributed by atoms with Crippen molar-refractivity contribution in [1.82, 2.24) is 0 Å². The Labute approximate surface area is 76.6 Å². The predicted octanol–water partition coefficient (Wildman–Crippen LogP) is 2.60. The van der Waals surface area contributed by atoms with Crippen molar-refractivity contribution in [3.63, 3.8) is 0 Å². The van der Waals surface area contributed by atoms with Gasteiger partial charge in [0, 0.05) is 11.6 Å². The number of hydrogen-bond donors (Lipinski definition) is 1. The minimum Gasteiger partial charge on any atom is -0.324 e. The van der Waals surface area contributed by atoms with Crippen LogP contribution in [0.1, 0.15) is 29.7 Å². The van der Waals surface area contributed by atoms with Gasteiger partial charge in [-0.1, -0.05) is 0 Å². The van der Waals surface area contributed by atoms with E-state index in [0.29, 0.717) is 11.1 Å². The third-order valence-corrected chi connectivity index (χ3v) is 2.22. The summed E-state index contributed by atoms with van der Waals surface area (Å²) in [4.78, 5) is 0. The predicted molar refractivity (Wildman–Crippen MR) is 48.4 cm³/mol. The Hall–Kier alpha value is -0.960. The lowest BCUT2D eigenvalue weighted by molar-refractivity contribution is 0.554. The quantitative estimate of drug-likeness (QED) is 0.715. The maximum absolute atomic E-state index is 13.3. The first-order valence-electron chi connectivity index (χ1n) is 4.15. The van der Waals surface area contributed by atoms with Crippen molar-refractivity contribution in [3.8, 4) is 0 Å². The van der Waals surface area contributed by atoms with E-state index in [0.717, 1.165) is 0 Å². The summed E-state index contributed by atoms with van der Waals surface area (Å²) in [6.45, 7) is 4.74. The van der Waals surface area contributed by atoms with E-state index in [-0.39, 0.29) is 11.6 Å². The number of rotatable bonds is 1. The van der Waals surface area contributed by atoms with Gasteiger partial charge in [-0.05, 0) is 38.0 Å². The molecule has 0 aromatic heterocycles. The molecule has 0 saturated carbocycles. The maximum Gasteiger partial charge on any atom is 0.132 e. The summed E-state index contributed by atoms with van der Waals surface area (Å²) < 4.78 is 26.4. The molecule has 0 aliphatic heterocycles. The molecule has 0 fully saturated rings. The molecule has 1 aromatic rings. The molecule has 0 aliphatic rings. The molecule has 1 atom stereocenters. The highest BCUT2D eigenvalue weighted by Gasteiger charge is 2.14. The molecule has 72 valence electrons. The highest BCUT2D eigenvalue weighted by Crippen LogP contribution is 2.23. The lowest BCUT2D eigenvalue weighted by Gasteiger charge is -2.12. The van der Waals surface area contributed by atoms with Crippen LogP contribution in [0.2, 0.25) is 0 Å². The van der Waals surface area contributed by atoms with Gasteiger partial charge in [0.2, 0.25) is 0 Å². The van der Waals surface area contributed by atoms with Crippen molar-refractivity contribution in [3.05, 3.63) is 34.4 Å². The SMILES string of the molecule is Cc1c(F)cc(C(C)N)c(C)c1F. The molecule has 0 bridgehead atoms. The van der Waals surface area contributed by atoms with E-state index in [2.05, 4.69) is 0 Å². The van der Waals surface area contributed by atoms with Gasteiger partial charge in [-0.25, -0.2) is 8.78 Å². The molecular formula is C10H13F2N. The van der Waals surface area contributed by atoms with Crippen LogP contribution in [0.25, 0.3) is 0 Å². The summed E-state index contributed by atoms with van der Waals surface area (Å²) in [5, 5.41) is 0. The summed E-state index contributed by atoms with van der Waals surface area (Å²) in [6.07, 6.45) is 0. The van der Waals surface area contributed by atoms with Gasteiger partial charge in [0.15, 0.2) is 0 Å². The first kappa shape index (κ1) is 10.1. The van der Waals surface area contributed by atoms with E-state index >= 15 is 0 Å². The monoisotopic (exact) mass is 185 g/mol. The summed E-state index contributed by atoms with van der Waals surface area (Å²) in [5.74, 6) is -1.03. The van der Waals surface area contributed by atoms with Crippen molar-refractivity contribution >= 4 is 0 Å². The van der Waals surface area contributed by atoms with Crippen LogP contribution in [-0.4, -0.2) is 0 Å². The summed E-state index contributed by atoms with van der Waals surface area (Å²) in [6, 6.07) is 0.961. The van der Waals surface area contributed by atoms with Crippen LogP contribution in [0, 0.1) is 25.5 Å². The zero-order valence-electron chi connectivity index (χ0n) is 7.99. The molecule has 0 aliphatic carbocycles. The summed E-state index contributed by atoms with van der Waals surface area (Å²) in [7, 11) is 0. The van der Waals surface area contributed by atoms with Gasteiger partial charge >= 0.3 is 0 Å². The van der Waals surface area contributed by atoms with E-state index in [1.54, 1.807) is 13.8 Å². The van der Waals surface area contributed by atoms with Gasteiger partial charge in [-0.3, -0.25) is 0 Å². The third kappa shape index (κ3) is 1.70. The molecule has 0 spiro atoms. The van der Waals surface area contributed by atoms with Crippen LogP contribution in [0.4, 0.5) is 8.78 Å². The number of halogens is 2. The van der Waals surface area contributed by atoms with Crippen molar-refractivity contribution in [2.24, 2.45) is 5.73 Å². The molecule has 1 nitrogen and oxygen atoms in total. The van der Waals surface area contributed by atoms with Gasteiger partial charge in [0.05, 0.1) is 0 Å². The maximum atomic E-state index is 13.3. The lowest BCUT2D eigenvalue weighted by Crippen LogP contribution is -2.10. The van der Waals surface area contributed by atoms with Crippen LogP contribution in [0.3, 0.4) is 0 Å². The molecule has 0 saturated heterocycles. The highest BCUT2D eigenvalue weighted by atomic mass is 19.1. The third-order valence-electron chi connectivity index (χ3n) is 2.22. The second-order valence-electron chi connectivity index (χ2n) is 3.30. The largest absolute Gasteiger partial charge is 0.324 e. The Morgan fingerprint density at radius 1 is 1.23 bits per heavy atom. The molecule has 0 heterocycles. The average Bonchev–Trinajstić information content (AvgIpc) is 2.07. The molecule has 1 aromatic carbocycles. The van der Waals surface area contributed by atoms with E-state index in [9.17, 15) is 8.78 Å². The molecule has 0 radical (unpaired) electrons. The van der Waals surface area contributed by atoms with Crippen LogP contribution in [0.15, 0.2) is 6.07 Å². The van der Waals surface area contributed by atoms with Gasteiger partial charge in [0.1, 0.15) is 11.6 Å². The summed E-state index contributed by atoms with van der Waals surface area (Å²) >= 11 is 0. The lowest BCUT2D eigenvalue weighted by atomic mass is 9.99. The topological polar surface area (TPSA) is 26.0 Å². The van der Waals surface area contributed by atoms with Gasteiger partial charge < -0.3 is 5.73 Å². The molecule has 0 amide bonds. The Kier molecular flexibility index (Phi) is 2.66.